The maximum absolute atomic E-state index is 12.5. The summed E-state index contributed by atoms with van der Waals surface area (Å²) in [6.07, 6.45) is 20.1. The predicted molar refractivity (Wildman–Crippen MR) is 209 cm³/mol. The van der Waals surface area contributed by atoms with Crippen LogP contribution >= 0.6 is 0 Å². The lowest BCUT2D eigenvalue weighted by molar-refractivity contribution is 0.0168. The van der Waals surface area contributed by atoms with Crippen LogP contribution in [0.4, 0.5) is 13.6 Å². The van der Waals surface area contributed by atoms with Crippen LogP contribution < -0.4 is 0 Å². The van der Waals surface area contributed by atoms with Crippen molar-refractivity contribution in [1.29, 1.82) is 0 Å². The fourth-order valence-electron chi connectivity index (χ4n) is 4.53. The zero-order chi connectivity index (χ0) is 38.6. The highest BCUT2D eigenvalue weighted by molar-refractivity contribution is 6.15. The van der Waals surface area contributed by atoms with Gasteiger partial charge in [0, 0.05) is 72.9 Å². The highest BCUT2D eigenvalue weighted by Crippen LogP contribution is 2.24. The number of ether oxygens (including phenoxy) is 1. The van der Waals surface area contributed by atoms with Crippen LogP contribution in [0.25, 0.3) is 0 Å². The normalized spacial score (nSPS) is 14.3. The summed E-state index contributed by atoms with van der Waals surface area (Å²) in [7, 11) is 0. The van der Waals surface area contributed by atoms with Gasteiger partial charge >= 0.3 is 6.09 Å². The zero-order valence-electron chi connectivity index (χ0n) is 33.1. The van der Waals surface area contributed by atoms with Gasteiger partial charge in [0.15, 0.2) is 0 Å². The van der Waals surface area contributed by atoms with E-state index in [2.05, 4.69) is 42.7 Å². The summed E-state index contributed by atoms with van der Waals surface area (Å²) in [6, 6.07) is 3.62. The molecule has 49 heavy (non-hydrogen) atoms. The summed E-state index contributed by atoms with van der Waals surface area (Å²) in [5.41, 5.74) is 5.44. The number of carbonyl (C=O) groups excluding carboxylic acids is 1. The van der Waals surface area contributed by atoms with E-state index in [1.807, 2.05) is 108 Å². The fourth-order valence-corrected chi connectivity index (χ4v) is 4.53. The highest BCUT2D eigenvalue weighted by Gasteiger charge is 2.27. The molecule has 1 heterocycles. The molecule has 0 N–H and O–H groups in total. The third-order valence-electron chi connectivity index (χ3n) is 6.56. The molecule has 1 aromatic carbocycles. The van der Waals surface area contributed by atoms with Gasteiger partial charge in [-0.05, 0) is 85.9 Å². The Morgan fingerprint density at radius 1 is 0.857 bits per heavy atom. The molecular formula is C41H66F2N4O2. The monoisotopic (exact) mass is 685 g/mol. The van der Waals surface area contributed by atoms with Crippen LogP contribution in [0, 0.1) is 24.5 Å². The van der Waals surface area contributed by atoms with E-state index in [9.17, 15) is 13.6 Å². The van der Waals surface area contributed by atoms with Crippen LogP contribution in [0.2, 0.25) is 0 Å². The van der Waals surface area contributed by atoms with E-state index < -0.39 is 17.2 Å². The molecule has 1 aromatic rings. The minimum Gasteiger partial charge on any atom is -0.444 e. The van der Waals surface area contributed by atoms with Gasteiger partial charge in [0.2, 0.25) is 0 Å². The number of rotatable bonds is 9. The predicted octanol–water partition coefficient (Wildman–Crippen LogP) is 11.4. The van der Waals surface area contributed by atoms with Crippen molar-refractivity contribution in [3.8, 4) is 12.8 Å². The Hall–Kier alpha value is -3.99. The number of piperazine rings is 1. The van der Waals surface area contributed by atoms with Crippen LogP contribution in [0.5, 0.6) is 0 Å². The molecule has 0 radical (unpaired) electrons. The third-order valence-corrected chi connectivity index (χ3v) is 6.56. The Bertz CT molecular complexity index is 1250. The van der Waals surface area contributed by atoms with Crippen LogP contribution in [0.1, 0.15) is 115 Å². The molecule has 1 fully saturated rings. The van der Waals surface area contributed by atoms with Gasteiger partial charge in [-0.15, -0.1) is 12.8 Å². The van der Waals surface area contributed by atoms with E-state index in [4.69, 9.17) is 9.73 Å². The Balaban J connectivity index is -0.00000103. The van der Waals surface area contributed by atoms with E-state index >= 15 is 0 Å². The first-order chi connectivity index (χ1) is 23.3. The Kier molecular flexibility index (Phi) is 29.2. The highest BCUT2D eigenvalue weighted by atomic mass is 19.1. The van der Waals surface area contributed by atoms with Crippen molar-refractivity contribution in [2.75, 3.05) is 26.2 Å². The van der Waals surface area contributed by atoms with Gasteiger partial charge in [-0.1, -0.05) is 66.2 Å². The lowest BCUT2D eigenvalue weighted by atomic mass is 9.95. The second-order valence-electron chi connectivity index (χ2n) is 11.3. The maximum Gasteiger partial charge on any atom is 0.410 e. The number of amides is 1. The standard InChI is InChI=1S/C26H42N4O2.C9H10F2.2C2H6.C2H2/c1-10-13-15-28-21(5)24(23(12-3)20(4)27-14-11-2)22(6)29-16-18-30(19-17-29)25(31)32-26(7,8)9;1-2-3-7-4-8(10)6-9(11)5-7;3*1-2/h11-15H,10,16-19H2,1-9H3;4-6H,2-3H2,1H3;2*1-2H3;1-2H/b14-11-,15-13+,23-12-,24-22-,27-20+,28-21+;;;;. The Morgan fingerprint density at radius 3 is 1.78 bits per heavy atom. The number of hydrogen-bond donors (Lipinski definition) is 0. The number of aliphatic imine (C=N–C) groups is 2. The number of carbonyl (C=O) groups is 1. The number of nitrogens with zero attached hydrogens (tertiary/aromatic N) is 4. The molecule has 8 heteroatoms. The second kappa shape index (κ2) is 29.0. The van der Waals surface area contributed by atoms with E-state index in [1.54, 1.807) is 4.90 Å². The van der Waals surface area contributed by atoms with Gasteiger partial charge in [-0.25, -0.2) is 13.6 Å². The van der Waals surface area contributed by atoms with Crippen LogP contribution in [0.3, 0.4) is 0 Å². The largest absolute Gasteiger partial charge is 0.444 e. The van der Waals surface area contributed by atoms with Gasteiger partial charge in [-0.2, -0.15) is 0 Å². The summed E-state index contributed by atoms with van der Waals surface area (Å²) in [4.78, 5) is 25.8. The van der Waals surface area contributed by atoms with Crippen molar-refractivity contribution < 1.29 is 18.3 Å². The minimum atomic E-state index is -0.492. The van der Waals surface area contributed by atoms with Crippen LogP contribution in [-0.2, 0) is 11.2 Å². The molecular weight excluding hydrogens is 618 g/mol. The second-order valence-corrected chi connectivity index (χ2v) is 11.3. The van der Waals surface area contributed by atoms with Crippen molar-refractivity contribution in [1.82, 2.24) is 9.80 Å². The van der Waals surface area contributed by atoms with Gasteiger partial charge in [0.05, 0.1) is 0 Å². The molecule has 0 aromatic heterocycles. The van der Waals surface area contributed by atoms with Crippen LogP contribution in [-0.4, -0.2) is 59.1 Å². The number of halogens is 2. The molecule has 276 valence electrons. The number of allylic oxidation sites excluding steroid dienone is 6. The molecule has 1 aliphatic rings. The first kappa shape index (κ1) is 49.4. The summed E-state index contributed by atoms with van der Waals surface area (Å²) in [5, 5.41) is 0. The molecule has 0 unspecified atom stereocenters. The molecule has 6 nitrogen and oxygen atoms in total. The average Bonchev–Trinajstić information content (AvgIpc) is 3.08. The number of terminal acetylenes is 1. The molecule has 2 rings (SSSR count). The molecule has 0 atom stereocenters. The van der Waals surface area contributed by atoms with Crippen molar-refractivity contribution in [3.63, 3.8) is 0 Å². The number of hydrogen-bond acceptors (Lipinski definition) is 5. The molecule has 0 aliphatic carbocycles. The Morgan fingerprint density at radius 2 is 1.35 bits per heavy atom. The lowest BCUT2D eigenvalue weighted by Gasteiger charge is -2.38. The summed E-state index contributed by atoms with van der Waals surface area (Å²) in [5.74, 6) is -0.984. The van der Waals surface area contributed by atoms with Crippen molar-refractivity contribution in [3.05, 3.63) is 82.9 Å². The minimum absolute atomic E-state index is 0.245. The van der Waals surface area contributed by atoms with Crippen molar-refractivity contribution in [2.45, 2.75) is 122 Å². The molecule has 1 aliphatic heterocycles. The molecule has 0 saturated carbocycles. The smallest absolute Gasteiger partial charge is 0.410 e. The first-order valence-corrected chi connectivity index (χ1v) is 17.5. The third kappa shape index (κ3) is 20.9. The fraction of sp³-hybridized carbons (Fsp3) is 0.537. The first-order valence-electron chi connectivity index (χ1n) is 17.5. The average molecular weight is 685 g/mol. The van der Waals surface area contributed by atoms with Gasteiger partial charge in [-0.3, -0.25) is 9.98 Å². The summed E-state index contributed by atoms with van der Waals surface area (Å²) >= 11 is 0. The van der Waals surface area contributed by atoms with Crippen molar-refractivity contribution >= 4 is 17.5 Å². The topological polar surface area (TPSA) is 57.5 Å². The SMILES string of the molecule is C#C.CC.CC.CCCc1cc(F)cc(F)c1.C\C=C/N=C(C)/C(=C/C)C(/C(C)=N/C=C/CC)=C(/C)N1CCN(C(=O)OC(C)(C)C)CC1. The van der Waals surface area contributed by atoms with E-state index in [1.165, 1.54) is 12.1 Å². The maximum atomic E-state index is 12.5. The summed E-state index contributed by atoms with van der Waals surface area (Å²) < 4.78 is 30.6. The number of aryl methyl sites for hydroxylation is 1. The lowest BCUT2D eigenvalue weighted by Crippen LogP contribution is -2.49. The van der Waals surface area contributed by atoms with Gasteiger partial charge in [0.1, 0.15) is 17.2 Å². The van der Waals surface area contributed by atoms with Gasteiger partial charge in [0.25, 0.3) is 0 Å². The molecule has 0 bridgehead atoms. The summed E-state index contributed by atoms with van der Waals surface area (Å²) in [6.45, 7) is 30.7. The van der Waals surface area contributed by atoms with Crippen LogP contribution in [0.15, 0.2) is 75.7 Å². The van der Waals surface area contributed by atoms with Gasteiger partial charge < -0.3 is 14.5 Å². The van der Waals surface area contributed by atoms with Crippen molar-refractivity contribution in [2.24, 2.45) is 9.98 Å². The number of benzene rings is 1. The van der Waals surface area contributed by atoms with E-state index in [0.29, 0.717) is 13.1 Å². The zero-order valence-corrected chi connectivity index (χ0v) is 33.1. The van der Waals surface area contributed by atoms with E-state index in [0.717, 1.165) is 72.2 Å². The Labute approximate surface area is 298 Å². The van der Waals surface area contributed by atoms with E-state index in [-0.39, 0.29) is 6.09 Å². The molecule has 1 amide bonds. The quantitative estimate of drug-likeness (QED) is 0.148. The molecule has 1 saturated heterocycles. The molecule has 0 spiro atoms.